The number of alkyl halides is 6. The molecule has 0 amide bonds. The molecule has 24 heavy (non-hydrogen) atoms. The van der Waals surface area contributed by atoms with Gasteiger partial charge in [-0.2, -0.15) is 26.3 Å². The first kappa shape index (κ1) is 17.8. The van der Waals surface area contributed by atoms with Crippen LogP contribution in [0.1, 0.15) is 45.4 Å². The maximum absolute atomic E-state index is 13.7. The average Bonchev–Trinajstić information content (AvgIpc) is 2.32. The summed E-state index contributed by atoms with van der Waals surface area (Å²) in [5.74, 6) is -19.4. The van der Waals surface area contributed by atoms with Gasteiger partial charge in [-0.25, -0.2) is 4.79 Å². The number of ether oxygens (including phenoxy) is 1. The molecule has 4 saturated carbocycles. The van der Waals surface area contributed by atoms with Gasteiger partial charge in [-0.1, -0.05) is 0 Å². The van der Waals surface area contributed by atoms with Gasteiger partial charge in [0.15, 0.2) is 0 Å². The highest BCUT2D eigenvalue weighted by Crippen LogP contribution is 2.59. The third-order valence-electron chi connectivity index (χ3n) is 5.49. The summed E-state index contributed by atoms with van der Waals surface area (Å²) in [6.45, 7) is -0.373. The molecule has 2 atom stereocenters. The Labute approximate surface area is 134 Å². The first-order chi connectivity index (χ1) is 10.7. The standard InChI is InChI=1S/C15H18F6O3/c1-11(16,17)15(20,21)14(18,19)10(22)24-13-5-8-2-9(6-13)4-12(23,3-8)7-13/h8-9,23H,2-7H2,1H3. The van der Waals surface area contributed by atoms with Crippen molar-refractivity contribution in [3.05, 3.63) is 0 Å². The Hall–Kier alpha value is -0.990. The van der Waals surface area contributed by atoms with Crippen LogP contribution >= 0.6 is 0 Å². The molecular weight excluding hydrogens is 342 g/mol. The van der Waals surface area contributed by atoms with Crippen LogP contribution in [0.4, 0.5) is 26.3 Å². The summed E-state index contributed by atoms with van der Waals surface area (Å²) >= 11 is 0. The van der Waals surface area contributed by atoms with Gasteiger partial charge in [-0.15, -0.1) is 0 Å². The van der Waals surface area contributed by atoms with Gasteiger partial charge < -0.3 is 9.84 Å². The SMILES string of the molecule is CC(F)(F)C(F)(F)C(F)(F)C(=O)OC12CC3CC(CC(O)(C3)C1)C2. The molecule has 3 nitrogen and oxygen atoms in total. The summed E-state index contributed by atoms with van der Waals surface area (Å²) in [4.78, 5) is 11.7. The minimum Gasteiger partial charge on any atom is -0.454 e. The maximum atomic E-state index is 13.7. The second-order valence-corrected chi connectivity index (χ2v) is 7.80. The quantitative estimate of drug-likeness (QED) is 0.616. The smallest absolute Gasteiger partial charge is 0.410 e. The molecule has 0 heterocycles. The van der Waals surface area contributed by atoms with E-state index >= 15 is 0 Å². The number of halogens is 6. The van der Waals surface area contributed by atoms with E-state index in [1.54, 1.807) is 0 Å². The summed E-state index contributed by atoms with van der Waals surface area (Å²) in [6, 6.07) is 0. The topological polar surface area (TPSA) is 46.5 Å². The lowest BCUT2D eigenvalue weighted by atomic mass is 9.52. The molecule has 9 heteroatoms. The Morgan fingerprint density at radius 2 is 1.54 bits per heavy atom. The Bertz CT molecular complexity index is 542. The fraction of sp³-hybridized carbons (Fsp3) is 0.933. The zero-order chi connectivity index (χ0) is 18.2. The van der Waals surface area contributed by atoms with E-state index in [4.69, 9.17) is 4.74 Å². The van der Waals surface area contributed by atoms with E-state index in [0.717, 1.165) is 6.42 Å². The van der Waals surface area contributed by atoms with E-state index in [1.165, 1.54) is 0 Å². The van der Waals surface area contributed by atoms with Crippen LogP contribution in [-0.2, 0) is 9.53 Å². The summed E-state index contributed by atoms with van der Waals surface area (Å²) in [5, 5.41) is 10.4. The Kier molecular flexibility index (Phi) is 3.56. The summed E-state index contributed by atoms with van der Waals surface area (Å²) in [6.07, 6.45) is 1.89. The fourth-order valence-electron chi connectivity index (χ4n) is 4.92. The second-order valence-electron chi connectivity index (χ2n) is 7.80. The molecule has 138 valence electrons. The summed E-state index contributed by atoms with van der Waals surface area (Å²) in [5.41, 5.74) is -2.64. The summed E-state index contributed by atoms with van der Waals surface area (Å²) < 4.78 is 84.5. The highest BCUT2D eigenvalue weighted by atomic mass is 19.3. The van der Waals surface area contributed by atoms with Crippen molar-refractivity contribution >= 4 is 5.97 Å². The zero-order valence-corrected chi connectivity index (χ0v) is 12.9. The van der Waals surface area contributed by atoms with Crippen LogP contribution in [0.15, 0.2) is 0 Å². The van der Waals surface area contributed by atoms with Gasteiger partial charge in [-0.05, 0) is 43.9 Å². The van der Waals surface area contributed by atoms with Crippen molar-refractivity contribution in [3.8, 4) is 0 Å². The predicted molar refractivity (Wildman–Crippen MR) is 69.0 cm³/mol. The van der Waals surface area contributed by atoms with Crippen LogP contribution in [0.5, 0.6) is 0 Å². The normalized spacial score (nSPS) is 39.2. The van der Waals surface area contributed by atoms with E-state index in [1.807, 2.05) is 0 Å². The number of carbonyl (C=O) groups excluding carboxylic acids is 1. The molecule has 4 rings (SSSR count). The van der Waals surface area contributed by atoms with Crippen LogP contribution in [0.25, 0.3) is 0 Å². The van der Waals surface area contributed by atoms with Crippen LogP contribution < -0.4 is 0 Å². The lowest BCUT2D eigenvalue weighted by Crippen LogP contribution is -2.63. The van der Waals surface area contributed by atoms with Gasteiger partial charge in [0.25, 0.3) is 0 Å². The van der Waals surface area contributed by atoms with Gasteiger partial charge >= 0.3 is 23.7 Å². The lowest BCUT2D eigenvalue weighted by molar-refractivity contribution is -0.307. The van der Waals surface area contributed by atoms with E-state index in [2.05, 4.69) is 0 Å². The molecule has 4 aliphatic carbocycles. The maximum Gasteiger partial charge on any atom is 0.410 e. The predicted octanol–water partition coefficient (Wildman–Crippen LogP) is 3.54. The number of hydrogen-bond acceptors (Lipinski definition) is 3. The molecule has 4 fully saturated rings. The Balaban J connectivity index is 1.82. The Morgan fingerprint density at radius 1 is 1.04 bits per heavy atom. The number of rotatable bonds is 4. The van der Waals surface area contributed by atoms with Crippen molar-refractivity contribution in [2.45, 2.75) is 74.4 Å². The average molecular weight is 360 g/mol. The van der Waals surface area contributed by atoms with Crippen LogP contribution in [0.2, 0.25) is 0 Å². The monoisotopic (exact) mass is 360 g/mol. The molecule has 0 radical (unpaired) electrons. The first-order valence-electron chi connectivity index (χ1n) is 7.79. The third-order valence-corrected chi connectivity index (χ3v) is 5.49. The van der Waals surface area contributed by atoms with Gasteiger partial charge in [0.05, 0.1) is 5.60 Å². The molecule has 0 aromatic heterocycles. The number of aliphatic hydroxyl groups is 1. The number of carbonyl (C=O) groups is 1. The molecule has 1 N–H and O–H groups in total. The van der Waals surface area contributed by atoms with Crippen LogP contribution in [0.3, 0.4) is 0 Å². The minimum absolute atomic E-state index is 0.0502. The fourth-order valence-corrected chi connectivity index (χ4v) is 4.92. The highest BCUT2D eigenvalue weighted by molar-refractivity contribution is 5.79. The largest absolute Gasteiger partial charge is 0.454 e. The lowest BCUT2D eigenvalue weighted by Gasteiger charge is -2.59. The van der Waals surface area contributed by atoms with Crippen molar-refractivity contribution in [1.82, 2.24) is 0 Å². The van der Waals surface area contributed by atoms with Crippen molar-refractivity contribution < 1.29 is 41.0 Å². The molecule has 0 aliphatic heterocycles. The van der Waals surface area contributed by atoms with Gasteiger partial charge in [0, 0.05) is 13.3 Å². The third kappa shape index (κ3) is 2.50. The van der Waals surface area contributed by atoms with Crippen molar-refractivity contribution in [3.63, 3.8) is 0 Å². The Morgan fingerprint density at radius 3 is 1.96 bits per heavy atom. The molecule has 0 spiro atoms. The van der Waals surface area contributed by atoms with E-state index in [9.17, 15) is 36.2 Å². The molecular formula is C15H18F6O3. The summed E-state index contributed by atoms with van der Waals surface area (Å²) in [7, 11) is 0. The molecule has 4 aliphatic rings. The van der Waals surface area contributed by atoms with Gasteiger partial charge in [0.1, 0.15) is 5.60 Å². The minimum atomic E-state index is -5.86. The zero-order valence-electron chi connectivity index (χ0n) is 12.9. The van der Waals surface area contributed by atoms with Crippen LogP contribution in [-0.4, -0.2) is 40.0 Å². The number of hydrogen-bond donors (Lipinski definition) is 1. The van der Waals surface area contributed by atoms with Crippen molar-refractivity contribution in [1.29, 1.82) is 0 Å². The van der Waals surface area contributed by atoms with E-state index in [0.29, 0.717) is 12.8 Å². The first-order valence-corrected chi connectivity index (χ1v) is 7.79. The van der Waals surface area contributed by atoms with Crippen LogP contribution in [0, 0.1) is 11.8 Å². The molecule has 0 saturated heterocycles. The van der Waals surface area contributed by atoms with E-state index in [-0.39, 0.29) is 38.0 Å². The molecule has 2 unspecified atom stereocenters. The molecule has 0 aromatic rings. The number of esters is 1. The van der Waals surface area contributed by atoms with Crippen molar-refractivity contribution in [2.75, 3.05) is 0 Å². The van der Waals surface area contributed by atoms with E-state index < -0.39 is 34.9 Å². The highest BCUT2D eigenvalue weighted by Gasteiger charge is 2.75. The molecule has 4 bridgehead atoms. The second kappa shape index (κ2) is 4.80. The van der Waals surface area contributed by atoms with Gasteiger partial charge in [0.2, 0.25) is 0 Å². The molecule has 0 aromatic carbocycles. The van der Waals surface area contributed by atoms with Crippen molar-refractivity contribution in [2.24, 2.45) is 11.8 Å². The van der Waals surface area contributed by atoms with Gasteiger partial charge in [-0.3, -0.25) is 0 Å².